The molecular formula is C21H23ClN4O2S. The zero-order chi connectivity index (χ0) is 20.8. The summed E-state index contributed by atoms with van der Waals surface area (Å²) in [7, 11) is 0. The Morgan fingerprint density at radius 3 is 2.69 bits per heavy atom. The fourth-order valence-electron chi connectivity index (χ4n) is 2.59. The summed E-state index contributed by atoms with van der Waals surface area (Å²) < 4.78 is 5.73. The Morgan fingerprint density at radius 1 is 1.24 bits per heavy atom. The van der Waals surface area contributed by atoms with Crippen LogP contribution in [-0.2, 0) is 11.4 Å². The minimum absolute atomic E-state index is 0.131. The van der Waals surface area contributed by atoms with Gasteiger partial charge in [0.2, 0.25) is 11.1 Å². The minimum Gasteiger partial charge on any atom is -0.486 e. The van der Waals surface area contributed by atoms with Crippen molar-refractivity contribution >= 4 is 35.0 Å². The predicted molar refractivity (Wildman–Crippen MR) is 117 cm³/mol. The summed E-state index contributed by atoms with van der Waals surface area (Å²) in [6, 6.07) is 13.4. The van der Waals surface area contributed by atoms with Gasteiger partial charge in [-0.05, 0) is 54.3 Å². The Bertz CT molecular complexity index is 973. The highest BCUT2D eigenvalue weighted by molar-refractivity contribution is 7.99. The number of carbonyl (C=O) groups excluding carboxylic acids is 1. The highest BCUT2D eigenvalue weighted by Gasteiger charge is 2.10. The van der Waals surface area contributed by atoms with Crippen molar-refractivity contribution in [3.05, 3.63) is 64.4 Å². The molecule has 0 saturated heterocycles. The zero-order valence-electron chi connectivity index (χ0n) is 16.5. The van der Waals surface area contributed by atoms with Gasteiger partial charge in [-0.1, -0.05) is 49.3 Å². The van der Waals surface area contributed by atoms with Crippen molar-refractivity contribution < 1.29 is 9.53 Å². The van der Waals surface area contributed by atoms with Gasteiger partial charge in [0.15, 0.2) is 5.82 Å². The van der Waals surface area contributed by atoms with Crippen LogP contribution < -0.4 is 10.1 Å². The van der Waals surface area contributed by atoms with Crippen molar-refractivity contribution in [1.82, 2.24) is 15.2 Å². The first-order valence-corrected chi connectivity index (χ1v) is 10.6. The van der Waals surface area contributed by atoms with Gasteiger partial charge in [0, 0.05) is 10.7 Å². The topological polar surface area (TPSA) is 79.9 Å². The molecule has 1 heterocycles. The molecule has 0 unspecified atom stereocenters. The second-order valence-electron chi connectivity index (χ2n) is 6.87. The average molecular weight is 431 g/mol. The number of hydrogen-bond acceptors (Lipinski definition) is 5. The molecule has 152 valence electrons. The number of aryl methyl sites for hydroxylation is 1. The van der Waals surface area contributed by atoms with Crippen LogP contribution in [-0.4, -0.2) is 26.8 Å². The molecule has 0 bridgehead atoms. The summed E-state index contributed by atoms with van der Waals surface area (Å²) in [4.78, 5) is 16.5. The summed E-state index contributed by atoms with van der Waals surface area (Å²) in [5.74, 6) is 1.94. The summed E-state index contributed by atoms with van der Waals surface area (Å²) >= 11 is 7.19. The number of aromatic nitrogens is 3. The molecule has 3 aromatic rings. The molecule has 1 amide bonds. The third kappa shape index (κ3) is 6.24. The van der Waals surface area contributed by atoms with Crippen LogP contribution in [0.15, 0.2) is 47.6 Å². The largest absolute Gasteiger partial charge is 0.486 e. The lowest BCUT2D eigenvalue weighted by molar-refractivity contribution is -0.113. The van der Waals surface area contributed by atoms with E-state index in [1.807, 2.05) is 25.1 Å². The number of H-pyrrole nitrogens is 1. The molecule has 29 heavy (non-hydrogen) atoms. The SMILES string of the molecule is Cc1cc(Cl)ccc1NC(=O)CSc1n[nH]c(COc2ccc(C(C)C)cc2)n1. The molecule has 0 aliphatic rings. The molecule has 3 rings (SSSR count). The van der Waals surface area contributed by atoms with Gasteiger partial charge in [-0.3, -0.25) is 9.89 Å². The number of hydrogen-bond donors (Lipinski definition) is 2. The average Bonchev–Trinajstić information content (AvgIpc) is 3.15. The molecule has 0 spiro atoms. The Morgan fingerprint density at radius 2 is 2.00 bits per heavy atom. The Hall–Kier alpha value is -2.51. The lowest BCUT2D eigenvalue weighted by atomic mass is 10.0. The van der Waals surface area contributed by atoms with Crippen LogP contribution in [0.2, 0.25) is 5.02 Å². The maximum absolute atomic E-state index is 12.2. The number of anilines is 1. The highest BCUT2D eigenvalue weighted by atomic mass is 35.5. The standard InChI is InChI=1S/C21H23ClN4O2S/c1-13(2)15-4-7-17(8-5-15)28-11-19-24-21(26-25-19)29-12-20(27)23-18-9-6-16(22)10-14(18)3/h4-10,13H,11-12H2,1-3H3,(H,23,27)(H,24,25,26). The van der Waals surface area contributed by atoms with E-state index < -0.39 is 0 Å². The zero-order valence-corrected chi connectivity index (χ0v) is 18.1. The molecule has 0 saturated carbocycles. The second-order valence-corrected chi connectivity index (χ2v) is 8.25. The van der Waals surface area contributed by atoms with E-state index in [0.29, 0.717) is 21.9 Å². The number of ether oxygens (including phenoxy) is 1. The van der Waals surface area contributed by atoms with Crippen LogP contribution >= 0.6 is 23.4 Å². The van der Waals surface area contributed by atoms with Gasteiger partial charge < -0.3 is 10.1 Å². The number of nitrogens with zero attached hydrogens (tertiary/aromatic N) is 2. The highest BCUT2D eigenvalue weighted by Crippen LogP contribution is 2.21. The fourth-order valence-corrected chi connectivity index (χ4v) is 3.44. The predicted octanol–water partition coefficient (Wildman–Crippen LogP) is 5.20. The van der Waals surface area contributed by atoms with Crippen molar-refractivity contribution in [2.45, 2.75) is 38.5 Å². The van der Waals surface area contributed by atoms with Crippen LogP contribution in [0.3, 0.4) is 0 Å². The molecule has 2 aromatic carbocycles. The van der Waals surface area contributed by atoms with Crippen LogP contribution in [0.25, 0.3) is 0 Å². The lowest BCUT2D eigenvalue weighted by Gasteiger charge is -2.08. The van der Waals surface area contributed by atoms with Gasteiger partial charge in [0.05, 0.1) is 5.75 Å². The molecule has 0 radical (unpaired) electrons. The third-order valence-electron chi connectivity index (χ3n) is 4.23. The van der Waals surface area contributed by atoms with E-state index in [1.165, 1.54) is 17.3 Å². The van der Waals surface area contributed by atoms with E-state index >= 15 is 0 Å². The molecule has 0 atom stereocenters. The van der Waals surface area contributed by atoms with E-state index in [9.17, 15) is 4.79 Å². The maximum atomic E-state index is 12.2. The Labute approximate surface area is 179 Å². The first-order chi connectivity index (χ1) is 13.9. The van der Waals surface area contributed by atoms with E-state index in [-0.39, 0.29) is 18.3 Å². The summed E-state index contributed by atoms with van der Waals surface area (Å²) in [6.45, 7) is 6.48. The number of aromatic amines is 1. The van der Waals surface area contributed by atoms with Crippen molar-refractivity contribution in [1.29, 1.82) is 0 Å². The lowest BCUT2D eigenvalue weighted by Crippen LogP contribution is -2.14. The number of nitrogens with one attached hydrogen (secondary N) is 2. The van der Waals surface area contributed by atoms with E-state index in [4.69, 9.17) is 16.3 Å². The van der Waals surface area contributed by atoms with E-state index in [1.54, 1.807) is 12.1 Å². The monoisotopic (exact) mass is 430 g/mol. The summed E-state index contributed by atoms with van der Waals surface area (Å²) in [6.07, 6.45) is 0. The molecular weight excluding hydrogens is 408 g/mol. The van der Waals surface area contributed by atoms with Crippen molar-refractivity contribution in [3.63, 3.8) is 0 Å². The number of benzene rings is 2. The smallest absolute Gasteiger partial charge is 0.234 e. The molecule has 8 heteroatoms. The number of amides is 1. The van der Waals surface area contributed by atoms with Crippen LogP contribution in [0.5, 0.6) is 5.75 Å². The number of carbonyl (C=O) groups is 1. The first kappa shape index (κ1) is 21.2. The normalized spacial score (nSPS) is 10.9. The molecule has 6 nitrogen and oxygen atoms in total. The van der Waals surface area contributed by atoms with Crippen LogP contribution in [0, 0.1) is 6.92 Å². The Balaban J connectivity index is 1.46. The number of thioether (sulfide) groups is 1. The molecule has 2 N–H and O–H groups in total. The van der Waals surface area contributed by atoms with Gasteiger partial charge in [-0.25, -0.2) is 4.98 Å². The molecule has 0 aliphatic heterocycles. The van der Waals surface area contributed by atoms with Crippen LogP contribution in [0.1, 0.15) is 36.7 Å². The van der Waals surface area contributed by atoms with Crippen molar-refractivity contribution in [2.24, 2.45) is 0 Å². The van der Waals surface area contributed by atoms with Gasteiger partial charge in [0.25, 0.3) is 0 Å². The molecule has 1 aromatic heterocycles. The minimum atomic E-state index is -0.131. The van der Waals surface area contributed by atoms with Gasteiger partial charge >= 0.3 is 0 Å². The molecule has 0 aliphatic carbocycles. The first-order valence-electron chi connectivity index (χ1n) is 9.23. The number of rotatable bonds is 8. The van der Waals surface area contributed by atoms with Crippen molar-refractivity contribution in [3.8, 4) is 5.75 Å². The van der Waals surface area contributed by atoms with Crippen molar-refractivity contribution in [2.75, 3.05) is 11.1 Å². The third-order valence-corrected chi connectivity index (χ3v) is 5.31. The van der Waals surface area contributed by atoms with Gasteiger partial charge in [0.1, 0.15) is 12.4 Å². The van der Waals surface area contributed by atoms with Gasteiger partial charge in [-0.15, -0.1) is 5.10 Å². The quantitative estimate of drug-likeness (QED) is 0.480. The van der Waals surface area contributed by atoms with Crippen LogP contribution in [0.4, 0.5) is 5.69 Å². The fraction of sp³-hybridized carbons (Fsp3) is 0.286. The van der Waals surface area contributed by atoms with Gasteiger partial charge in [-0.2, -0.15) is 0 Å². The maximum Gasteiger partial charge on any atom is 0.234 e. The van der Waals surface area contributed by atoms with E-state index in [0.717, 1.165) is 17.0 Å². The summed E-state index contributed by atoms with van der Waals surface area (Å²) in [5, 5.41) is 11.0. The number of halogens is 1. The molecule has 0 fully saturated rings. The van der Waals surface area contributed by atoms with E-state index in [2.05, 4.69) is 46.5 Å². The summed E-state index contributed by atoms with van der Waals surface area (Å²) in [5.41, 5.74) is 2.92. The Kier molecular flexibility index (Phi) is 7.17. The second kappa shape index (κ2) is 9.80.